The third kappa shape index (κ3) is 3.59. The first kappa shape index (κ1) is 15.3. The van der Waals surface area contributed by atoms with Gasteiger partial charge in [-0.3, -0.25) is 10.2 Å². The van der Waals surface area contributed by atoms with E-state index in [0.717, 1.165) is 16.9 Å². The average Bonchev–Trinajstić information content (AvgIpc) is 2.39. The lowest BCUT2D eigenvalue weighted by Crippen LogP contribution is -2.46. The first-order chi connectivity index (χ1) is 9.04. The fourth-order valence-electron chi connectivity index (χ4n) is 1.94. The predicted molar refractivity (Wildman–Crippen MR) is 73.2 cm³/mol. The number of hydrazine groups is 1. The minimum atomic E-state index is -0.644. The molecule has 0 saturated carbocycles. The van der Waals surface area contributed by atoms with Crippen LogP contribution in [0.1, 0.15) is 11.1 Å². The highest BCUT2D eigenvalue weighted by atomic mass is 16.5. The van der Waals surface area contributed by atoms with Crippen LogP contribution in [0.4, 0.5) is 0 Å². The Kier molecular flexibility index (Phi) is 5.59. The van der Waals surface area contributed by atoms with Crippen molar-refractivity contribution in [3.8, 4) is 11.5 Å². The molecule has 1 atom stereocenters. The molecule has 0 radical (unpaired) electrons. The monoisotopic (exact) mass is 267 g/mol. The van der Waals surface area contributed by atoms with Crippen molar-refractivity contribution in [2.24, 2.45) is 5.73 Å². The number of hydrogen-bond acceptors (Lipinski definition) is 5. The van der Waals surface area contributed by atoms with Crippen LogP contribution in [0.25, 0.3) is 0 Å². The Morgan fingerprint density at radius 3 is 2.58 bits per heavy atom. The summed E-state index contributed by atoms with van der Waals surface area (Å²) in [5.41, 5.74) is 12.6. The molecule has 0 aromatic heterocycles. The molecule has 6 nitrogen and oxygen atoms in total. The smallest absolute Gasteiger partial charge is 0.251 e. The number of nitrogens with two attached hydrogens (primary N) is 1. The van der Waals surface area contributed by atoms with E-state index in [1.165, 1.54) is 0 Å². The van der Waals surface area contributed by atoms with Crippen LogP contribution >= 0.6 is 0 Å². The van der Waals surface area contributed by atoms with Crippen LogP contribution in [-0.4, -0.2) is 33.2 Å². The van der Waals surface area contributed by atoms with Crippen LogP contribution in [0.15, 0.2) is 12.1 Å². The van der Waals surface area contributed by atoms with Crippen LogP contribution in [0.3, 0.4) is 0 Å². The number of ether oxygens (including phenoxy) is 2. The molecular formula is C13H21N3O3. The molecule has 0 heterocycles. The fourth-order valence-corrected chi connectivity index (χ4v) is 1.94. The second kappa shape index (κ2) is 6.96. The van der Waals surface area contributed by atoms with E-state index in [9.17, 15) is 4.79 Å². The molecule has 0 aliphatic heterocycles. The zero-order valence-corrected chi connectivity index (χ0v) is 11.7. The van der Waals surface area contributed by atoms with Gasteiger partial charge < -0.3 is 15.2 Å². The second-order valence-electron chi connectivity index (χ2n) is 4.14. The molecule has 0 spiro atoms. The van der Waals surface area contributed by atoms with Crippen molar-refractivity contribution in [1.82, 2.24) is 10.9 Å². The van der Waals surface area contributed by atoms with Gasteiger partial charge in [0.15, 0.2) is 0 Å². The molecule has 1 aromatic rings. The highest BCUT2D eigenvalue weighted by Crippen LogP contribution is 2.31. The molecule has 0 aliphatic rings. The van der Waals surface area contributed by atoms with Gasteiger partial charge in [-0.25, -0.2) is 5.43 Å². The molecule has 6 heteroatoms. The Labute approximate surface area is 113 Å². The number of methoxy groups -OCH3 is 2. The van der Waals surface area contributed by atoms with Gasteiger partial charge in [0.1, 0.15) is 11.5 Å². The maximum Gasteiger partial charge on any atom is 0.251 e. The zero-order valence-electron chi connectivity index (χ0n) is 11.7. The Morgan fingerprint density at radius 1 is 1.37 bits per heavy atom. The maximum atomic E-state index is 11.6. The highest BCUT2D eigenvalue weighted by molar-refractivity contribution is 5.81. The molecule has 0 bridgehead atoms. The van der Waals surface area contributed by atoms with Gasteiger partial charge >= 0.3 is 0 Å². The molecule has 0 fully saturated rings. The quantitative estimate of drug-likeness (QED) is 0.638. The molecule has 1 amide bonds. The summed E-state index contributed by atoms with van der Waals surface area (Å²) in [6.45, 7) is 1.90. The number of rotatable bonds is 6. The van der Waals surface area contributed by atoms with Crippen LogP contribution in [0, 0.1) is 6.92 Å². The maximum absolute atomic E-state index is 11.6. The summed E-state index contributed by atoms with van der Waals surface area (Å²) < 4.78 is 10.6. The Hall–Kier alpha value is -1.79. The third-order valence-corrected chi connectivity index (χ3v) is 2.89. The van der Waals surface area contributed by atoms with Gasteiger partial charge in [0.05, 0.1) is 20.3 Å². The normalized spacial score (nSPS) is 11.8. The van der Waals surface area contributed by atoms with Crippen molar-refractivity contribution in [3.63, 3.8) is 0 Å². The molecule has 0 aliphatic carbocycles. The molecule has 1 aromatic carbocycles. The summed E-state index contributed by atoms with van der Waals surface area (Å²) in [5, 5.41) is 0. The summed E-state index contributed by atoms with van der Waals surface area (Å²) >= 11 is 0. The minimum absolute atomic E-state index is 0.266. The van der Waals surface area contributed by atoms with Crippen LogP contribution in [-0.2, 0) is 11.2 Å². The van der Waals surface area contributed by atoms with Crippen LogP contribution in [0.2, 0.25) is 0 Å². The van der Waals surface area contributed by atoms with Gasteiger partial charge in [0.2, 0.25) is 0 Å². The molecular weight excluding hydrogens is 246 g/mol. The van der Waals surface area contributed by atoms with Gasteiger partial charge in [-0.1, -0.05) is 6.07 Å². The standard InChI is InChI=1S/C13H21N3O3/c1-8-11(18-3)6-5-9(12(8)19-4)7-10(14)13(17)16-15-2/h5-6,10,15H,7,14H2,1-4H3,(H,16,17). The average molecular weight is 267 g/mol. The minimum Gasteiger partial charge on any atom is -0.496 e. The lowest BCUT2D eigenvalue weighted by molar-refractivity contribution is -0.123. The summed E-state index contributed by atoms with van der Waals surface area (Å²) in [5.74, 6) is 1.18. The molecule has 0 saturated heterocycles. The van der Waals surface area contributed by atoms with Crippen molar-refractivity contribution < 1.29 is 14.3 Å². The first-order valence-electron chi connectivity index (χ1n) is 5.97. The summed E-state index contributed by atoms with van der Waals surface area (Å²) in [6, 6.07) is 3.06. The molecule has 106 valence electrons. The van der Waals surface area contributed by atoms with E-state index in [-0.39, 0.29) is 5.91 Å². The van der Waals surface area contributed by atoms with Crippen molar-refractivity contribution in [3.05, 3.63) is 23.3 Å². The lowest BCUT2D eigenvalue weighted by atomic mass is 10.0. The van der Waals surface area contributed by atoms with E-state index in [1.54, 1.807) is 21.3 Å². The van der Waals surface area contributed by atoms with Crippen molar-refractivity contribution in [1.29, 1.82) is 0 Å². The predicted octanol–water partition coefficient (Wildman–Crippen LogP) is 0.133. The Bertz CT molecular complexity index is 449. The number of nitrogens with one attached hydrogen (secondary N) is 2. The van der Waals surface area contributed by atoms with Gasteiger partial charge in [0, 0.05) is 19.0 Å². The lowest BCUT2D eigenvalue weighted by Gasteiger charge is -2.17. The van der Waals surface area contributed by atoms with E-state index >= 15 is 0 Å². The van der Waals surface area contributed by atoms with Crippen molar-refractivity contribution in [2.75, 3.05) is 21.3 Å². The molecule has 1 rings (SSSR count). The largest absolute Gasteiger partial charge is 0.496 e. The topological polar surface area (TPSA) is 85.6 Å². The highest BCUT2D eigenvalue weighted by Gasteiger charge is 2.18. The van der Waals surface area contributed by atoms with Gasteiger partial charge in [0.25, 0.3) is 5.91 Å². The van der Waals surface area contributed by atoms with E-state index in [0.29, 0.717) is 12.2 Å². The van der Waals surface area contributed by atoms with E-state index in [2.05, 4.69) is 10.9 Å². The summed E-state index contributed by atoms with van der Waals surface area (Å²) in [4.78, 5) is 11.6. The van der Waals surface area contributed by atoms with E-state index in [4.69, 9.17) is 15.2 Å². The number of amides is 1. The van der Waals surface area contributed by atoms with Gasteiger partial charge in [-0.2, -0.15) is 0 Å². The second-order valence-corrected chi connectivity index (χ2v) is 4.14. The molecule has 1 unspecified atom stereocenters. The Morgan fingerprint density at radius 2 is 2.05 bits per heavy atom. The number of benzene rings is 1. The Balaban J connectivity index is 2.95. The van der Waals surface area contributed by atoms with Crippen LogP contribution < -0.4 is 26.1 Å². The molecule has 4 N–H and O–H groups in total. The fraction of sp³-hybridized carbons (Fsp3) is 0.462. The number of hydrogen-bond donors (Lipinski definition) is 3. The van der Waals surface area contributed by atoms with Crippen molar-refractivity contribution >= 4 is 5.91 Å². The summed E-state index contributed by atoms with van der Waals surface area (Å²) in [6.07, 6.45) is 0.390. The van der Waals surface area contributed by atoms with Gasteiger partial charge in [-0.05, 0) is 18.6 Å². The number of carbonyl (C=O) groups is 1. The van der Waals surface area contributed by atoms with E-state index < -0.39 is 6.04 Å². The third-order valence-electron chi connectivity index (χ3n) is 2.89. The number of carbonyl (C=O) groups excluding carboxylic acids is 1. The zero-order chi connectivity index (χ0) is 14.4. The van der Waals surface area contributed by atoms with Gasteiger partial charge in [-0.15, -0.1) is 0 Å². The summed E-state index contributed by atoms with van der Waals surface area (Å²) in [7, 11) is 4.81. The van der Waals surface area contributed by atoms with Crippen molar-refractivity contribution in [2.45, 2.75) is 19.4 Å². The molecule has 19 heavy (non-hydrogen) atoms. The SMILES string of the molecule is CNNC(=O)C(N)Cc1ccc(OC)c(C)c1OC. The van der Waals surface area contributed by atoms with E-state index in [1.807, 2.05) is 19.1 Å². The first-order valence-corrected chi connectivity index (χ1v) is 5.97. The van der Waals surface area contributed by atoms with Crippen LogP contribution in [0.5, 0.6) is 11.5 Å².